The first-order valence-electron chi connectivity index (χ1n) is 8.85. The van der Waals surface area contributed by atoms with Crippen LogP contribution >= 0.6 is 0 Å². The van der Waals surface area contributed by atoms with E-state index in [9.17, 15) is 9.59 Å². The normalized spacial score (nSPS) is 16.6. The minimum Gasteiger partial charge on any atom is -0.337 e. The number of benzene rings is 1. The number of nitrogens with zero attached hydrogens (tertiary/aromatic N) is 4. The van der Waals surface area contributed by atoms with Crippen molar-refractivity contribution in [1.29, 1.82) is 0 Å². The summed E-state index contributed by atoms with van der Waals surface area (Å²) in [6, 6.07) is 9.28. The average Bonchev–Trinajstić information content (AvgIpc) is 3.33. The van der Waals surface area contributed by atoms with Crippen LogP contribution in [-0.2, 0) is 11.2 Å². The first-order chi connectivity index (χ1) is 13.1. The number of amides is 1. The summed E-state index contributed by atoms with van der Waals surface area (Å²) in [5, 5.41) is 4.04. The van der Waals surface area contributed by atoms with Crippen molar-refractivity contribution < 1.29 is 9.32 Å². The fourth-order valence-corrected chi connectivity index (χ4v) is 3.30. The van der Waals surface area contributed by atoms with E-state index in [1.807, 2.05) is 30.3 Å². The molecular formula is C19H19N5O3. The predicted molar refractivity (Wildman–Crippen MR) is 96.7 cm³/mol. The van der Waals surface area contributed by atoms with E-state index in [0.717, 1.165) is 18.4 Å². The molecule has 4 rings (SSSR count). The number of H-pyrrole nitrogens is 1. The minimum atomic E-state index is -0.282. The standard InChI is InChI=1S/C19H19N5O3/c1-12-20-11-14(18(26)21-12)10-16(25)24-9-5-8-15(24)19-22-17(23-27-19)13-6-3-2-4-7-13/h2-4,6-7,11,15H,5,8-10H2,1H3,(H,20,21,26). The SMILES string of the molecule is Cc1ncc(CC(=O)N2CCCC2c2nc(-c3ccccc3)no2)c(=O)[nH]1. The molecule has 2 aromatic heterocycles. The second-order valence-electron chi connectivity index (χ2n) is 6.57. The van der Waals surface area contributed by atoms with Crippen molar-refractivity contribution in [2.24, 2.45) is 0 Å². The molecule has 0 bridgehead atoms. The molecule has 0 saturated carbocycles. The van der Waals surface area contributed by atoms with E-state index in [4.69, 9.17) is 4.52 Å². The van der Waals surface area contributed by atoms with Gasteiger partial charge in [-0.15, -0.1) is 0 Å². The van der Waals surface area contributed by atoms with E-state index in [-0.39, 0.29) is 23.9 Å². The fourth-order valence-electron chi connectivity index (χ4n) is 3.30. The lowest BCUT2D eigenvalue weighted by molar-refractivity contribution is -0.131. The van der Waals surface area contributed by atoms with Crippen molar-refractivity contribution in [2.45, 2.75) is 32.2 Å². The lowest BCUT2D eigenvalue weighted by atomic mass is 10.2. The third-order valence-corrected chi connectivity index (χ3v) is 4.67. The predicted octanol–water partition coefficient (Wildman–Crippen LogP) is 2.03. The van der Waals surface area contributed by atoms with Gasteiger partial charge in [-0.2, -0.15) is 4.98 Å². The first kappa shape index (κ1) is 17.1. The number of rotatable bonds is 4. The van der Waals surface area contributed by atoms with Crippen LogP contribution in [0, 0.1) is 6.92 Å². The number of hydrogen-bond acceptors (Lipinski definition) is 6. The second-order valence-corrected chi connectivity index (χ2v) is 6.57. The minimum absolute atomic E-state index is 0.00120. The molecule has 138 valence electrons. The molecule has 3 heterocycles. The molecule has 3 aromatic rings. The second kappa shape index (κ2) is 7.14. The van der Waals surface area contributed by atoms with Crippen LogP contribution in [-0.4, -0.2) is 37.5 Å². The maximum atomic E-state index is 12.8. The molecule has 1 fully saturated rings. The molecular weight excluding hydrogens is 346 g/mol. The van der Waals surface area contributed by atoms with Crippen molar-refractivity contribution >= 4 is 5.91 Å². The molecule has 1 atom stereocenters. The topological polar surface area (TPSA) is 105 Å². The Kier molecular flexibility index (Phi) is 4.53. The van der Waals surface area contributed by atoms with Crippen LogP contribution in [0.2, 0.25) is 0 Å². The molecule has 1 unspecified atom stereocenters. The number of carbonyl (C=O) groups excluding carboxylic acids is 1. The van der Waals surface area contributed by atoms with Crippen LogP contribution in [0.3, 0.4) is 0 Å². The van der Waals surface area contributed by atoms with Gasteiger partial charge < -0.3 is 14.4 Å². The lowest BCUT2D eigenvalue weighted by Gasteiger charge is -2.21. The molecule has 1 saturated heterocycles. The highest BCUT2D eigenvalue weighted by molar-refractivity contribution is 5.79. The molecule has 1 aliphatic rings. The largest absolute Gasteiger partial charge is 0.337 e. The van der Waals surface area contributed by atoms with Gasteiger partial charge in [0, 0.05) is 23.9 Å². The smallest absolute Gasteiger partial charge is 0.254 e. The summed E-state index contributed by atoms with van der Waals surface area (Å²) in [7, 11) is 0. The molecule has 0 radical (unpaired) electrons. The summed E-state index contributed by atoms with van der Waals surface area (Å²) < 4.78 is 5.44. The third kappa shape index (κ3) is 3.51. The number of aromatic amines is 1. The Morgan fingerprint density at radius 2 is 2.15 bits per heavy atom. The number of aryl methyl sites for hydroxylation is 1. The zero-order chi connectivity index (χ0) is 18.8. The Hall–Kier alpha value is -3.29. The number of nitrogens with one attached hydrogen (secondary N) is 1. The summed E-state index contributed by atoms with van der Waals surface area (Å²) in [6.45, 7) is 2.30. The van der Waals surface area contributed by atoms with Crippen LogP contribution < -0.4 is 5.56 Å². The van der Waals surface area contributed by atoms with E-state index in [0.29, 0.717) is 29.6 Å². The monoisotopic (exact) mass is 365 g/mol. The maximum Gasteiger partial charge on any atom is 0.254 e. The van der Waals surface area contributed by atoms with Crippen molar-refractivity contribution in [3.63, 3.8) is 0 Å². The van der Waals surface area contributed by atoms with Crippen LogP contribution in [0.4, 0.5) is 0 Å². The highest BCUT2D eigenvalue weighted by Crippen LogP contribution is 2.32. The van der Waals surface area contributed by atoms with Gasteiger partial charge in [0.1, 0.15) is 11.9 Å². The number of aromatic nitrogens is 4. The summed E-state index contributed by atoms with van der Waals surface area (Å²) in [4.78, 5) is 37.6. The van der Waals surface area contributed by atoms with E-state index in [2.05, 4.69) is 20.1 Å². The van der Waals surface area contributed by atoms with Gasteiger partial charge in [0.15, 0.2) is 0 Å². The molecule has 1 N–H and O–H groups in total. The molecule has 8 heteroatoms. The number of hydrogen-bond donors (Lipinski definition) is 1. The van der Waals surface area contributed by atoms with E-state index >= 15 is 0 Å². The molecule has 0 spiro atoms. The summed E-state index contributed by atoms with van der Waals surface area (Å²) in [6.07, 6.45) is 3.06. The van der Waals surface area contributed by atoms with Crippen molar-refractivity contribution in [1.82, 2.24) is 25.0 Å². The highest BCUT2D eigenvalue weighted by Gasteiger charge is 2.34. The molecule has 0 aliphatic carbocycles. The van der Waals surface area contributed by atoms with Crippen molar-refractivity contribution in [3.8, 4) is 11.4 Å². The highest BCUT2D eigenvalue weighted by atomic mass is 16.5. The Morgan fingerprint density at radius 3 is 2.93 bits per heavy atom. The molecule has 1 aliphatic heterocycles. The zero-order valence-corrected chi connectivity index (χ0v) is 14.9. The van der Waals surface area contributed by atoms with Crippen LogP contribution in [0.5, 0.6) is 0 Å². The van der Waals surface area contributed by atoms with Gasteiger partial charge in [0.25, 0.3) is 5.56 Å². The average molecular weight is 365 g/mol. The summed E-state index contributed by atoms with van der Waals surface area (Å²) in [5.41, 5.74) is 0.933. The third-order valence-electron chi connectivity index (χ3n) is 4.67. The molecule has 8 nitrogen and oxygen atoms in total. The quantitative estimate of drug-likeness (QED) is 0.758. The van der Waals surface area contributed by atoms with Gasteiger partial charge in [-0.1, -0.05) is 35.5 Å². The lowest BCUT2D eigenvalue weighted by Crippen LogP contribution is -2.33. The Bertz CT molecular complexity index is 1010. The maximum absolute atomic E-state index is 12.8. The van der Waals surface area contributed by atoms with E-state index in [1.165, 1.54) is 6.20 Å². The van der Waals surface area contributed by atoms with Crippen molar-refractivity contribution in [3.05, 3.63) is 64.2 Å². The number of likely N-dealkylation sites (tertiary alicyclic amines) is 1. The zero-order valence-electron chi connectivity index (χ0n) is 14.9. The van der Waals surface area contributed by atoms with Gasteiger partial charge >= 0.3 is 0 Å². The van der Waals surface area contributed by atoms with E-state index in [1.54, 1.807) is 11.8 Å². The molecule has 1 aromatic carbocycles. The van der Waals surface area contributed by atoms with Gasteiger partial charge in [-0.05, 0) is 19.8 Å². The first-order valence-corrected chi connectivity index (χ1v) is 8.85. The van der Waals surface area contributed by atoms with Crippen LogP contribution in [0.25, 0.3) is 11.4 Å². The molecule has 1 amide bonds. The fraction of sp³-hybridized carbons (Fsp3) is 0.316. The van der Waals surface area contributed by atoms with Crippen LogP contribution in [0.15, 0.2) is 45.8 Å². The summed E-state index contributed by atoms with van der Waals surface area (Å²) in [5.74, 6) is 1.31. The summed E-state index contributed by atoms with van der Waals surface area (Å²) >= 11 is 0. The Morgan fingerprint density at radius 1 is 1.33 bits per heavy atom. The van der Waals surface area contributed by atoms with E-state index < -0.39 is 0 Å². The number of carbonyl (C=O) groups is 1. The van der Waals surface area contributed by atoms with Crippen LogP contribution in [0.1, 0.15) is 36.2 Å². The Labute approximate surface area is 155 Å². The Balaban J connectivity index is 1.53. The molecule has 27 heavy (non-hydrogen) atoms. The van der Waals surface area contributed by atoms with Gasteiger partial charge in [0.05, 0.1) is 6.42 Å². The van der Waals surface area contributed by atoms with Crippen molar-refractivity contribution in [2.75, 3.05) is 6.54 Å². The van der Waals surface area contributed by atoms with Gasteiger partial charge in [-0.25, -0.2) is 4.98 Å². The van der Waals surface area contributed by atoms with Gasteiger partial charge in [0.2, 0.25) is 17.6 Å². The van der Waals surface area contributed by atoms with Gasteiger partial charge in [-0.3, -0.25) is 9.59 Å².